The van der Waals surface area contributed by atoms with Gasteiger partial charge in [-0.2, -0.15) is 0 Å². The summed E-state index contributed by atoms with van der Waals surface area (Å²) in [4.78, 5) is 0. The Bertz CT molecular complexity index is 486. The molecule has 0 saturated carbocycles. The van der Waals surface area contributed by atoms with Crippen LogP contribution in [0.3, 0.4) is 0 Å². The first-order valence-electron chi connectivity index (χ1n) is 4.16. The van der Waals surface area contributed by atoms with Gasteiger partial charge in [0.05, 0.1) is 0 Å². The molecule has 6 heteroatoms. The molecule has 4 nitrogen and oxygen atoms in total. The lowest BCUT2D eigenvalue weighted by molar-refractivity contribution is 0.627. The Balaban J connectivity index is 2.53. The fourth-order valence-corrected chi connectivity index (χ4v) is 1.48. The Morgan fingerprint density at radius 3 is 2.47 bits per heavy atom. The smallest absolute Gasteiger partial charge is 0.204 e. The van der Waals surface area contributed by atoms with Crippen molar-refractivity contribution in [3.63, 3.8) is 0 Å². The maximum atomic E-state index is 13.0. The standard InChI is InChI=1S/C9H6BrFN4/c1-5-12-14-9(15-13-5)7-4-6(11)2-3-8(7)10/h2-4H,1H3. The first-order valence-corrected chi connectivity index (χ1v) is 4.95. The number of aromatic nitrogens is 4. The van der Waals surface area contributed by atoms with E-state index in [0.29, 0.717) is 21.7 Å². The Morgan fingerprint density at radius 2 is 1.80 bits per heavy atom. The lowest BCUT2D eigenvalue weighted by Crippen LogP contribution is -1.99. The van der Waals surface area contributed by atoms with E-state index < -0.39 is 0 Å². The van der Waals surface area contributed by atoms with Gasteiger partial charge in [-0.05, 0) is 25.1 Å². The van der Waals surface area contributed by atoms with Crippen LogP contribution in [0.15, 0.2) is 22.7 Å². The summed E-state index contributed by atoms with van der Waals surface area (Å²) in [5.74, 6) is 0.427. The quantitative estimate of drug-likeness (QED) is 0.795. The van der Waals surface area contributed by atoms with Gasteiger partial charge in [-0.15, -0.1) is 20.4 Å². The van der Waals surface area contributed by atoms with Crippen LogP contribution in [0.1, 0.15) is 5.82 Å². The predicted octanol–water partition coefficient (Wildman–Crippen LogP) is 2.14. The molecule has 0 fully saturated rings. The molecule has 2 rings (SSSR count). The molecule has 76 valence electrons. The van der Waals surface area contributed by atoms with Crippen molar-refractivity contribution >= 4 is 15.9 Å². The number of hydrogen-bond donors (Lipinski definition) is 0. The molecular weight excluding hydrogens is 263 g/mol. The van der Waals surface area contributed by atoms with Gasteiger partial charge < -0.3 is 0 Å². The molecule has 0 unspecified atom stereocenters. The van der Waals surface area contributed by atoms with E-state index in [-0.39, 0.29) is 5.82 Å². The van der Waals surface area contributed by atoms with Crippen molar-refractivity contribution in [2.75, 3.05) is 0 Å². The molecule has 0 bridgehead atoms. The average Bonchev–Trinajstić information content (AvgIpc) is 2.23. The van der Waals surface area contributed by atoms with Crippen molar-refractivity contribution in [1.82, 2.24) is 20.4 Å². The van der Waals surface area contributed by atoms with Crippen LogP contribution in [-0.4, -0.2) is 20.4 Å². The fourth-order valence-electron chi connectivity index (χ4n) is 1.06. The van der Waals surface area contributed by atoms with Gasteiger partial charge in [0.25, 0.3) is 0 Å². The lowest BCUT2D eigenvalue weighted by atomic mass is 10.2. The van der Waals surface area contributed by atoms with E-state index in [2.05, 4.69) is 36.3 Å². The van der Waals surface area contributed by atoms with Gasteiger partial charge in [0.15, 0.2) is 5.82 Å². The number of aryl methyl sites for hydroxylation is 1. The predicted molar refractivity (Wildman–Crippen MR) is 55.5 cm³/mol. The van der Waals surface area contributed by atoms with E-state index in [1.54, 1.807) is 13.0 Å². The molecule has 2 aromatic rings. The van der Waals surface area contributed by atoms with Crippen molar-refractivity contribution in [2.45, 2.75) is 6.92 Å². The minimum Gasteiger partial charge on any atom is -0.207 e. The molecule has 1 heterocycles. The maximum Gasteiger partial charge on any atom is 0.204 e. The Morgan fingerprint density at radius 1 is 1.13 bits per heavy atom. The zero-order chi connectivity index (χ0) is 10.8. The molecule has 1 aromatic heterocycles. The first-order chi connectivity index (χ1) is 7.16. The second kappa shape index (κ2) is 3.98. The van der Waals surface area contributed by atoms with Crippen LogP contribution < -0.4 is 0 Å². The summed E-state index contributed by atoms with van der Waals surface area (Å²) in [6.07, 6.45) is 0. The second-order valence-corrected chi connectivity index (χ2v) is 3.75. The van der Waals surface area contributed by atoms with Crippen molar-refractivity contribution in [2.24, 2.45) is 0 Å². The van der Waals surface area contributed by atoms with Crippen LogP contribution in [0.5, 0.6) is 0 Å². The highest BCUT2D eigenvalue weighted by Crippen LogP contribution is 2.25. The molecule has 0 amide bonds. The van der Waals surface area contributed by atoms with Gasteiger partial charge in [-0.25, -0.2) is 4.39 Å². The van der Waals surface area contributed by atoms with E-state index in [1.807, 2.05) is 0 Å². The van der Waals surface area contributed by atoms with E-state index >= 15 is 0 Å². The second-order valence-electron chi connectivity index (χ2n) is 2.89. The Kier molecular flexibility index (Phi) is 2.68. The van der Waals surface area contributed by atoms with E-state index in [1.165, 1.54) is 12.1 Å². The van der Waals surface area contributed by atoms with Gasteiger partial charge >= 0.3 is 0 Å². The molecule has 1 aromatic carbocycles. The normalized spacial score (nSPS) is 10.3. The molecule has 0 spiro atoms. The van der Waals surface area contributed by atoms with Crippen molar-refractivity contribution < 1.29 is 4.39 Å². The zero-order valence-corrected chi connectivity index (χ0v) is 9.36. The van der Waals surface area contributed by atoms with E-state index in [4.69, 9.17) is 0 Å². The molecule has 0 aliphatic carbocycles. The van der Waals surface area contributed by atoms with Gasteiger partial charge in [-0.1, -0.05) is 15.9 Å². The van der Waals surface area contributed by atoms with Gasteiger partial charge in [-0.3, -0.25) is 0 Å². The molecule has 0 saturated heterocycles. The monoisotopic (exact) mass is 268 g/mol. The number of rotatable bonds is 1. The summed E-state index contributed by atoms with van der Waals surface area (Å²) in [7, 11) is 0. The summed E-state index contributed by atoms with van der Waals surface area (Å²) in [5.41, 5.74) is 0.537. The highest BCUT2D eigenvalue weighted by atomic mass is 79.9. The summed E-state index contributed by atoms with van der Waals surface area (Å²) < 4.78 is 13.7. The molecule has 0 N–H and O–H groups in total. The molecular formula is C9H6BrFN4. The highest BCUT2D eigenvalue weighted by molar-refractivity contribution is 9.10. The summed E-state index contributed by atoms with van der Waals surface area (Å²) in [6.45, 7) is 1.68. The van der Waals surface area contributed by atoms with Crippen LogP contribution >= 0.6 is 15.9 Å². The zero-order valence-electron chi connectivity index (χ0n) is 7.78. The SMILES string of the molecule is Cc1nnc(-c2cc(F)ccc2Br)nn1. The van der Waals surface area contributed by atoms with E-state index in [0.717, 1.165) is 0 Å². The molecule has 0 aliphatic rings. The van der Waals surface area contributed by atoms with Crippen LogP contribution in [0.4, 0.5) is 4.39 Å². The number of halogens is 2. The highest BCUT2D eigenvalue weighted by Gasteiger charge is 2.08. The molecule has 0 atom stereocenters. The van der Waals surface area contributed by atoms with Crippen molar-refractivity contribution in [3.8, 4) is 11.4 Å². The molecule has 0 aliphatic heterocycles. The fraction of sp³-hybridized carbons (Fsp3) is 0.111. The Hall–Kier alpha value is -1.43. The third kappa shape index (κ3) is 2.15. The van der Waals surface area contributed by atoms with Crippen LogP contribution in [0.25, 0.3) is 11.4 Å². The van der Waals surface area contributed by atoms with Gasteiger partial charge in [0.2, 0.25) is 5.82 Å². The number of nitrogens with zero attached hydrogens (tertiary/aromatic N) is 4. The lowest BCUT2D eigenvalue weighted by Gasteiger charge is -2.01. The maximum absolute atomic E-state index is 13.0. The average molecular weight is 269 g/mol. The van der Waals surface area contributed by atoms with Gasteiger partial charge in [0.1, 0.15) is 5.82 Å². The topological polar surface area (TPSA) is 51.6 Å². The molecule has 0 radical (unpaired) electrons. The van der Waals surface area contributed by atoms with Crippen LogP contribution in [0, 0.1) is 12.7 Å². The van der Waals surface area contributed by atoms with Crippen molar-refractivity contribution in [3.05, 3.63) is 34.3 Å². The number of hydrogen-bond acceptors (Lipinski definition) is 4. The molecule has 15 heavy (non-hydrogen) atoms. The minimum atomic E-state index is -0.350. The summed E-state index contributed by atoms with van der Waals surface area (Å²) in [5, 5.41) is 15.2. The number of benzene rings is 1. The minimum absolute atomic E-state index is 0.298. The summed E-state index contributed by atoms with van der Waals surface area (Å²) in [6, 6.07) is 4.27. The van der Waals surface area contributed by atoms with E-state index in [9.17, 15) is 4.39 Å². The first kappa shape index (κ1) is 10.1. The third-order valence-corrected chi connectivity index (χ3v) is 2.44. The third-order valence-electron chi connectivity index (χ3n) is 1.75. The van der Waals surface area contributed by atoms with Crippen molar-refractivity contribution in [1.29, 1.82) is 0 Å². The Labute approximate surface area is 93.7 Å². The van der Waals surface area contributed by atoms with Gasteiger partial charge in [0, 0.05) is 10.0 Å². The largest absolute Gasteiger partial charge is 0.207 e. The van der Waals surface area contributed by atoms with Crippen LogP contribution in [-0.2, 0) is 0 Å². The summed E-state index contributed by atoms with van der Waals surface area (Å²) >= 11 is 3.28. The van der Waals surface area contributed by atoms with Crippen LogP contribution in [0.2, 0.25) is 0 Å².